The van der Waals surface area contributed by atoms with E-state index in [2.05, 4.69) is 5.32 Å². The summed E-state index contributed by atoms with van der Waals surface area (Å²) in [7, 11) is 0. The molecule has 1 aromatic heterocycles. The molecule has 0 saturated carbocycles. The highest BCUT2D eigenvalue weighted by Crippen LogP contribution is 2.15. The lowest BCUT2D eigenvalue weighted by molar-refractivity contribution is 0.360. The maximum Gasteiger partial charge on any atom is 0.253 e. The van der Waals surface area contributed by atoms with Crippen molar-refractivity contribution >= 4 is 0 Å². The molecule has 0 spiro atoms. The zero-order chi connectivity index (χ0) is 9.97. The van der Waals surface area contributed by atoms with E-state index in [0.29, 0.717) is 6.04 Å². The molecule has 1 aromatic rings. The van der Waals surface area contributed by atoms with E-state index in [4.69, 9.17) is 0 Å². The lowest BCUT2D eigenvalue weighted by Crippen LogP contribution is -2.34. The lowest BCUT2D eigenvalue weighted by Gasteiger charge is -2.24. The zero-order valence-electron chi connectivity index (χ0n) is 8.49. The summed E-state index contributed by atoms with van der Waals surface area (Å²) < 4.78 is 1.89. The summed E-state index contributed by atoms with van der Waals surface area (Å²) >= 11 is 0. The fourth-order valence-electron chi connectivity index (χ4n) is 2.00. The molecule has 1 aliphatic rings. The standard InChI is InChI=1S/C11H16N2O/c1-9-3-2-8-13(11(9)14)10-4-6-12-7-5-10/h2-3,8,10,12H,4-7H2,1H3. The van der Waals surface area contributed by atoms with Gasteiger partial charge in [0, 0.05) is 17.8 Å². The monoisotopic (exact) mass is 192 g/mol. The van der Waals surface area contributed by atoms with Gasteiger partial charge in [0.25, 0.3) is 5.56 Å². The fourth-order valence-corrected chi connectivity index (χ4v) is 2.00. The van der Waals surface area contributed by atoms with Gasteiger partial charge in [0.15, 0.2) is 0 Å². The Morgan fingerprint density at radius 3 is 2.86 bits per heavy atom. The summed E-state index contributed by atoms with van der Waals surface area (Å²) in [6.45, 7) is 3.91. The van der Waals surface area contributed by atoms with Crippen LogP contribution in [0, 0.1) is 6.92 Å². The maximum absolute atomic E-state index is 11.8. The van der Waals surface area contributed by atoms with Crippen LogP contribution in [0.3, 0.4) is 0 Å². The Labute approximate surface area is 83.8 Å². The Bertz CT molecular complexity index is 364. The van der Waals surface area contributed by atoms with E-state index >= 15 is 0 Å². The van der Waals surface area contributed by atoms with Crippen molar-refractivity contribution in [1.82, 2.24) is 9.88 Å². The summed E-state index contributed by atoms with van der Waals surface area (Å²) in [5.41, 5.74) is 1.01. The van der Waals surface area contributed by atoms with Crippen LogP contribution in [0.4, 0.5) is 0 Å². The van der Waals surface area contributed by atoms with Gasteiger partial charge in [-0.05, 0) is 38.9 Å². The van der Waals surface area contributed by atoms with Crippen LogP contribution in [0.5, 0.6) is 0 Å². The smallest absolute Gasteiger partial charge is 0.253 e. The van der Waals surface area contributed by atoms with E-state index < -0.39 is 0 Å². The van der Waals surface area contributed by atoms with Crippen molar-refractivity contribution in [1.29, 1.82) is 0 Å². The van der Waals surface area contributed by atoms with Gasteiger partial charge < -0.3 is 9.88 Å². The number of aromatic nitrogens is 1. The van der Waals surface area contributed by atoms with Crippen molar-refractivity contribution in [2.45, 2.75) is 25.8 Å². The van der Waals surface area contributed by atoms with Gasteiger partial charge in [0.2, 0.25) is 0 Å². The van der Waals surface area contributed by atoms with E-state index in [9.17, 15) is 4.79 Å². The van der Waals surface area contributed by atoms with Crippen LogP contribution in [0.15, 0.2) is 23.1 Å². The highest BCUT2D eigenvalue weighted by molar-refractivity contribution is 5.08. The summed E-state index contributed by atoms with van der Waals surface area (Å²) in [6, 6.07) is 4.22. The number of rotatable bonds is 1. The highest BCUT2D eigenvalue weighted by Gasteiger charge is 2.15. The second-order valence-electron chi connectivity index (χ2n) is 3.88. The van der Waals surface area contributed by atoms with Gasteiger partial charge in [-0.3, -0.25) is 4.79 Å². The van der Waals surface area contributed by atoms with Gasteiger partial charge >= 0.3 is 0 Å². The molecule has 0 amide bonds. The average Bonchev–Trinajstić information content (AvgIpc) is 2.23. The van der Waals surface area contributed by atoms with Gasteiger partial charge in [-0.2, -0.15) is 0 Å². The molecule has 2 heterocycles. The molecule has 0 bridgehead atoms. The minimum atomic E-state index is 0.166. The molecule has 2 rings (SSSR count). The third kappa shape index (κ3) is 1.73. The van der Waals surface area contributed by atoms with Gasteiger partial charge in [-0.1, -0.05) is 6.07 Å². The number of nitrogens with zero attached hydrogens (tertiary/aromatic N) is 1. The molecule has 1 aliphatic heterocycles. The first-order chi connectivity index (χ1) is 6.79. The van der Waals surface area contributed by atoms with E-state index in [1.807, 2.05) is 29.8 Å². The Kier molecular flexibility index (Phi) is 2.68. The Balaban J connectivity index is 2.31. The molecule has 0 unspecified atom stereocenters. The largest absolute Gasteiger partial charge is 0.317 e. The molecule has 1 fully saturated rings. The maximum atomic E-state index is 11.8. The van der Waals surface area contributed by atoms with E-state index in [-0.39, 0.29) is 5.56 Å². The van der Waals surface area contributed by atoms with Gasteiger partial charge in [-0.25, -0.2) is 0 Å². The number of hydrogen-bond donors (Lipinski definition) is 1. The first-order valence-corrected chi connectivity index (χ1v) is 5.17. The molecule has 76 valence electrons. The summed E-state index contributed by atoms with van der Waals surface area (Å²) in [5, 5.41) is 3.30. The predicted octanol–water partition coefficient (Wildman–Crippen LogP) is 1.08. The van der Waals surface area contributed by atoms with Gasteiger partial charge in [-0.15, -0.1) is 0 Å². The molecule has 14 heavy (non-hydrogen) atoms. The van der Waals surface area contributed by atoms with Gasteiger partial charge in [0.1, 0.15) is 0 Å². The van der Waals surface area contributed by atoms with Crippen molar-refractivity contribution in [3.63, 3.8) is 0 Å². The molecule has 1 saturated heterocycles. The van der Waals surface area contributed by atoms with Crippen molar-refractivity contribution in [3.8, 4) is 0 Å². The van der Waals surface area contributed by atoms with Crippen LogP contribution in [0.2, 0.25) is 0 Å². The summed E-state index contributed by atoms with van der Waals surface area (Å²) in [4.78, 5) is 11.8. The molecule has 1 N–H and O–H groups in total. The van der Waals surface area contributed by atoms with Gasteiger partial charge in [0.05, 0.1) is 0 Å². The number of hydrogen-bond acceptors (Lipinski definition) is 2. The second-order valence-corrected chi connectivity index (χ2v) is 3.88. The SMILES string of the molecule is Cc1cccn(C2CCNCC2)c1=O. The number of pyridine rings is 1. The van der Waals surface area contributed by atoms with Crippen molar-refractivity contribution < 1.29 is 0 Å². The molecule has 3 nitrogen and oxygen atoms in total. The van der Waals surface area contributed by atoms with Crippen LogP contribution < -0.4 is 10.9 Å². The van der Waals surface area contributed by atoms with Crippen LogP contribution in [-0.4, -0.2) is 17.7 Å². The predicted molar refractivity (Wildman–Crippen MR) is 56.6 cm³/mol. The second kappa shape index (κ2) is 3.96. The van der Waals surface area contributed by atoms with Crippen molar-refractivity contribution in [2.75, 3.05) is 13.1 Å². The quantitative estimate of drug-likeness (QED) is 0.722. The molecule has 0 atom stereocenters. The topological polar surface area (TPSA) is 34.0 Å². The van der Waals surface area contributed by atoms with E-state index in [0.717, 1.165) is 31.5 Å². The van der Waals surface area contributed by atoms with Crippen LogP contribution in [0.25, 0.3) is 0 Å². The van der Waals surface area contributed by atoms with Crippen molar-refractivity contribution in [2.24, 2.45) is 0 Å². The zero-order valence-corrected chi connectivity index (χ0v) is 8.49. The van der Waals surface area contributed by atoms with Crippen LogP contribution >= 0.6 is 0 Å². The highest BCUT2D eigenvalue weighted by atomic mass is 16.1. The molecule has 3 heteroatoms. The molecule has 0 aromatic carbocycles. The van der Waals surface area contributed by atoms with E-state index in [1.165, 1.54) is 0 Å². The minimum absolute atomic E-state index is 0.166. The summed E-state index contributed by atoms with van der Waals surface area (Å²) in [6.07, 6.45) is 4.03. The van der Waals surface area contributed by atoms with Crippen molar-refractivity contribution in [3.05, 3.63) is 34.2 Å². The Morgan fingerprint density at radius 1 is 1.43 bits per heavy atom. The lowest BCUT2D eigenvalue weighted by atomic mass is 10.1. The normalized spacial score (nSPS) is 18.4. The first-order valence-electron chi connectivity index (χ1n) is 5.17. The fraction of sp³-hybridized carbons (Fsp3) is 0.545. The van der Waals surface area contributed by atoms with Crippen LogP contribution in [0.1, 0.15) is 24.4 Å². The summed E-state index contributed by atoms with van der Waals surface area (Å²) in [5.74, 6) is 0. The molecule has 0 radical (unpaired) electrons. The molecule has 0 aliphatic carbocycles. The number of aryl methyl sites for hydroxylation is 1. The minimum Gasteiger partial charge on any atom is -0.317 e. The number of nitrogens with one attached hydrogen (secondary N) is 1. The molecular weight excluding hydrogens is 176 g/mol. The number of piperidine rings is 1. The van der Waals surface area contributed by atoms with E-state index in [1.54, 1.807) is 0 Å². The third-order valence-electron chi connectivity index (χ3n) is 2.87. The Morgan fingerprint density at radius 2 is 2.14 bits per heavy atom. The third-order valence-corrected chi connectivity index (χ3v) is 2.87. The average molecular weight is 192 g/mol. The first kappa shape index (κ1) is 9.46. The Hall–Kier alpha value is -1.09. The molecular formula is C11H16N2O. The van der Waals surface area contributed by atoms with Crippen LogP contribution in [-0.2, 0) is 0 Å².